The van der Waals surface area contributed by atoms with Crippen LogP contribution in [0.1, 0.15) is 0 Å². The molecular formula is C14H13ClN2OS. The maximum Gasteiger partial charge on any atom is 0.234 e. The Morgan fingerprint density at radius 2 is 1.95 bits per heavy atom. The SMILES string of the molecule is Nc1ccc(Cl)cc1SCC(=O)Nc1ccccc1. The van der Waals surface area contributed by atoms with E-state index in [2.05, 4.69) is 5.32 Å². The fourth-order valence-electron chi connectivity index (χ4n) is 1.50. The van der Waals surface area contributed by atoms with Gasteiger partial charge in [-0.2, -0.15) is 0 Å². The highest BCUT2D eigenvalue weighted by Gasteiger charge is 2.06. The van der Waals surface area contributed by atoms with Crippen LogP contribution in [-0.4, -0.2) is 11.7 Å². The molecule has 0 aliphatic rings. The molecule has 98 valence electrons. The zero-order chi connectivity index (χ0) is 13.7. The van der Waals surface area contributed by atoms with Crippen molar-refractivity contribution in [1.29, 1.82) is 0 Å². The Morgan fingerprint density at radius 1 is 1.21 bits per heavy atom. The second kappa shape index (κ2) is 6.50. The van der Waals surface area contributed by atoms with Crippen molar-refractivity contribution in [2.45, 2.75) is 4.90 Å². The zero-order valence-electron chi connectivity index (χ0n) is 10.1. The van der Waals surface area contributed by atoms with Gasteiger partial charge in [-0.3, -0.25) is 4.79 Å². The van der Waals surface area contributed by atoms with E-state index in [4.69, 9.17) is 17.3 Å². The first-order valence-electron chi connectivity index (χ1n) is 5.68. The maximum atomic E-state index is 11.8. The molecule has 0 heterocycles. The third-order valence-electron chi connectivity index (χ3n) is 2.39. The molecule has 0 aliphatic carbocycles. The van der Waals surface area contributed by atoms with Crippen molar-refractivity contribution in [1.82, 2.24) is 0 Å². The lowest BCUT2D eigenvalue weighted by atomic mass is 10.3. The van der Waals surface area contributed by atoms with E-state index < -0.39 is 0 Å². The largest absolute Gasteiger partial charge is 0.398 e. The molecule has 0 atom stereocenters. The molecule has 0 saturated heterocycles. The van der Waals surface area contributed by atoms with E-state index in [1.54, 1.807) is 18.2 Å². The molecule has 0 aromatic heterocycles. The Balaban J connectivity index is 1.92. The molecule has 0 aliphatic heterocycles. The molecule has 2 aromatic rings. The molecule has 0 bridgehead atoms. The van der Waals surface area contributed by atoms with E-state index >= 15 is 0 Å². The number of nitrogen functional groups attached to an aromatic ring is 1. The summed E-state index contributed by atoms with van der Waals surface area (Å²) in [5, 5.41) is 3.42. The molecular weight excluding hydrogens is 280 g/mol. The normalized spacial score (nSPS) is 10.2. The molecule has 0 saturated carbocycles. The minimum atomic E-state index is -0.0735. The predicted molar refractivity (Wildman–Crippen MR) is 81.7 cm³/mol. The van der Waals surface area contributed by atoms with E-state index in [1.807, 2.05) is 30.3 Å². The van der Waals surface area contributed by atoms with E-state index in [0.29, 0.717) is 16.5 Å². The first kappa shape index (κ1) is 13.8. The molecule has 5 heteroatoms. The van der Waals surface area contributed by atoms with Gasteiger partial charge in [-0.1, -0.05) is 29.8 Å². The number of halogens is 1. The van der Waals surface area contributed by atoms with Crippen LogP contribution in [0, 0.1) is 0 Å². The number of nitrogens with two attached hydrogens (primary N) is 1. The number of hydrogen-bond acceptors (Lipinski definition) is 3. The topological polar surface area (TPSA) is 55.1 Å². The fraction of sp³-hybridized carbons (Fsp3) is 0.0714. The second-order valence-corrected chi connectivity index (χ2v) is 5.34. The summed E-state index contributed by atoms with van der Waals surface area (Å²) < 4.78 is 0. The smallest absolute Gasteiger partial charge is 0.234 e. The summed E-state index contributed by atoms with van der Waals surface area (Å²) >= 11 is 7.26. The minimum absolute atomic E-state index is 0.0735. The maximum absolute atomic E-state index is 11.8. The first-order valence-corrected chi connectivity index (χ1v) is 7.04. The van der Waals surface area contributed by atoms with Gasteiger partial charge in [0.05, 0.1) is 5.75 Å². The van der Waals surface area contributed by atoms with Crippen LogP contribution in [0.25, 0.3) is 0 Å². The van der Waals surface area contributed by atoms with Crippen molar-refractivity contribution in [2.75, 3.05) is 16.8 Å². The van der Waals surface area contributed by atoms with Crippen LogP contribution >= 0.6 is 23.4 Å². The molecule has 3 N–H and O–H groups in total. The Hall–Kier alpha value is -1.65. The second-order valence-electron chi connectivity index (χ2n) is 3.89. The molecule has 2 aromatic carbocycles. The third-order valence-corrected chi connectivity index (χ3v) is 3.70. The number of hydrogen-bond donors (Lipinski definition) is 2. The van der Waals surface area contributed by atoms with Crippen LogP contribution in [0.4, 0.5) is 11.4 Å². The van der Waals surface area contributed by atoms with Crippen LogP contribution in [0.3, 0.4) is 0 Å². The van der Waals surface area contributed by atoms with Gasteiger partial charge in [-0.15, -0.1) is 11.8 Å². The summed E-state index contributed by atoms with van der Waals surface area (Å²) in [4.78, 5) is 12.6. The highest BCUT2D eigenvalue weighted by Crippen LogP contribution is 2.28. The molecule has 1 amide bonds. The van der Waals surface area contributed by atoms with E-state index in [-0.39, 0.29) is 5.91 Å². The lowest BCUT2D eigenvalue weighted by Crippen LogP contribution is -2.13. The van der Waals surface area contributed by atoms with Gasteiger partial charge < -0.3 is 11.1 Å². The predicted octanol–water partition coefficient (Wildman–Crippen LogP) is 3.65. The van der Waals surface area contributed by atoms with Crippen LogP contribution in [0.15, 0.2) is 53.4 Å². The molecule has 0 fully saturated rings. The Kier molecular flexibility index (Phi) is 4.71. The van der Waals surface area contributed by atoms with Gasteiger partial charge in [0.2, 0.25) is 5.91 Å². The number of para-hydroxylation sites is 1. The third kappa shape index (κ3) is 4.19. The minimum Gasteiger partial charge on any atom is -0.398 e. The highest BCUT2D eigenvalue weighted by atomic mass is 35.5. The number of thioether (sulfide) groups is 1. The van der Waals surface area contributed by atoms with Crippen LogP contribution in [0.5, 0.6) is 0 Å². The molecule has 0 unspecified atom stereocenters. The van der Waals surface area contributed by atoms with Crippen LogP contribution in [-0.2, 0) is 4.79 Å². The first-order chi connectivity index (χ1) is 9.15. The van der Waals surface area contributed by atoms with Gasteiger partial charge in [0.1, 0.15) is 0 Å². The van der Waals surface area contributed by atoms with Gasteiger partial charge >= 0.3 is 0 Å². The number of rotatable bonds is 4. The van der Waals surface area contributed by atoms with E-state index in [0.717, 1.165) is 10.6 Å². The summed E-state index contributed by atoms with van der Waals surface area (Å²) in [6.45, 7) is 0. The number of nitrogens with one attached hydrogen (secondary N) is 1. The summed E-state index contributed by atoms with van der Waals surface area (Å²) in [7, 11) is 0. The van der Waals surface area contributed by atoms with Crippen molar-refractivity contribution in [3.8, 4) is 0 Å². The molecule has 3 nitrogen and oxygen atoms in total. The van der Waals surface area contributed by atoms with Gasteiger partial charge in [0.25, 0.3) is 0 Å². The highest BCUT2D eigenvalue weighted by molar-refractivity contribution is 8.00. The van der Waals surface area contributed by atoms with Gasteiger partial charge in [-0.05, 0) is 30.3 Å². The Bertz CT molecular complexity index is 575. The van der Waals surface area contributed by atoms with E-state index in [1.165, 1.54) is 11.8 Å². The summed E-state index contributed by atoms with van der Waals surface area (Å²) in [5.74, 6) is 0.218. The standard InChI is InChI=1S/C14H13ClN2OS/c15-10-6-7-12(16)13(8-10)19-9-14(18)17-11-4-2-1-3-5-11/h1-8H,9,16H2,(H,17,18). The number of carbonyl (C=O) groups is 1. The quantitative estimate of drug-likeness (QED) is 0.668. The Labute approximate surface area is 121 Å². The number of carbonyl (C=O) groups excluding carboxylic acids is 1. The molecule has 2 rings (SSSR count). The average Bonchev–Trinajstić information content (AvgIpc) is 2.41. The number of amides is 1. The van der Waals surface area contributed by atoms with Crippen molar-refractivity contribution < 1.29 is 4.79 Å². The van der Waals surface area contributed by atoms with Crippen LogP contribution < -0.4 is 11.1 Å². The summed E-state index contributed by atoms with van der Waals surface area (Å²) in [6.07, 6.45) is 0. The number of benzene rings is 2. The Morgan fingerprint density at radius 3 is 2.68 bits per heavy atom. The lowest BCUT2D eigenvalue weighted by Gasteiger charge is -2.07. The van der Waals surface area contributed by atoms with Crippen LogP contribution in [0.2, 0.25) is 5.02 Å². The molecule has 0 radical (unpaired) electrons. The van der Waals surface area contributed by atoms with Gasteiger partial charge in [0.15, 0.2) is 0 Å². The molecule has 19 heavy (non-hydrogen) atoms. The van der Waals surface area contributed by atoms with Crippen molar-refractivity contribution in [3.63, 3.8) is 0 Å². The average molecular weight is 293 g/mol. The fourth-order valence-corrected chi connectivity index (χ4v) is 2.54. The lowest BCUT2D eigenvalue weighted by molar-refractivity contribution is -0.113. The number of anilines is 2. The van der Waals surface area contributed by atoms with Crippen molar-refractivity contribution in [3.05, 3.63) is 53.6 Å². The summed E-state index contributed by atoms with van der Waals surface area (Å²) in [5.41, 5.74) is 7.23. The van der Waals surface area contributed by atoms with E-state index in [9.17, 15) is 4.79 Å². The van der Waals surface area contributed by atoms with Gasteiger partial charge in [0, 0.05) is 21.3 Å². The van der Waals surface area contributed by atoms with Gasteiger partial charge in [-0.25, -0.2) is 0 Å². The zero-order valence-corrected chi connectivity index (χ0v) is 11.7. The summed E-state index contributed by atoms with van der Waals surface area (Å²) in [6, 6.07) is 14.6. The molecule has 0 spiro atoms. The monoisotopic (exact) mass is 292 g/mol. The van der Waals surface area contributed by atoms with Crippen molar-refractivity contribution >= 4 is 40.6 Å². The van der Waals surface area contributed by atoms with Crippen molar-refractivity contribution in [2.24, 2.45) is 0 Å².